The van der Waals surface area contributed by atoms with Gasteiger partial charge in [0.1, 0.15) is 11.4 Å². The lowest BCUT2D eigenvalue weighted by Crippen LogP contribution is -1.97. The maximum Gasteiger partial charge on any atom is 0.292 e. The Balaban J connectivity index is 2.34. The van der Waals surface area contributed by atoms with E-state index in [9.17, 15) is 10.1 Å². The fraction of sp³-hybridized carbons (Fsp3) is 0.0769. The van der Waals surface area contributed by atoms with Gasteiger partial charge in [-0.05, 0) is 42.8 Å². The number of phenols is 1. The zero-order chi connectivity index (χ0) is 13.1. The van der Waals surface area contributed by atoms with Gasteiger partial charge in [0.2, 0.25) is 0 Å². The molecule has 2 rings (SSSR count). The van der Waals surface area contributed by atoms with Crippen LogP contribution in [0.2, 0.25) is 0 Å². The SMILES string of the molecule is Cc1ccc(Nc2ccc(O)cc2)c([N+](=O)[O-])c1. The number of anilines is 2. The number of rotatable bonds is 3. The molecule has 0 amide bonds. The van der Waals surface area contributed by atoms with Crippen molar-refractivity contribution in [2.45, 2.75) is 6.92 Å². The molecule has 0 saturated heterocycles. The van der Waals surface area contributed by atoms with Crippen molar-refractivity contribution >= 4 is 17.1 Å². The Kier molecular flexibility index (Phi) is 3.14. The number of nitrogens with zero attached hydrogens (tertiary/aromatic N) is 1. The first-order chi connectivity index (χ1) is 8.56. The molecule has 0 bridgehead atoms. The summed E-state index contributed by atoms with van der Waals surface area (Å²) in [6.07, 6.45) is 0. The Morgan fingerprint density at radius 2 is 1.83 bits per heavy atom. The summed E-state index contributed by atoms with van der Waals surface area (Å²) in [6.45, 7) is 1.80. The lowest BCUT2D eigenvalue weighted by atomic mass is 10.2. The Morgan fingerprint density at radius 3 is 2.44 bits per heavy atom. The minimum atomic E-state index is -0.421. The van der Waals surface area contributed by atoms with E-state index in [1.54, 1.807) is 31.2 Å². The number of benzene rings is 2. The third-order valence-electron chi connectivity index (χ3n) is 2.50. The van der Waals surface area contributed by atoms with E-state index in [0.717, 1.165) is 5.56 Å². The minimum absolute atomic E-state index is 0.0306. The molecule has 5 nitrogen and oxygen atoms in total. The van der Waals surface area contributed by atoms with E-state index in [2.05, 4.69) is 5.32 Å². The average molecular weight is 244 g/mol. The second kappa shape index (κ2) is 4.75. The molecule has 0 aliphatic carbocycles. The maximum absolute atomic E-state index is 10.9. The van der Waals surface area contributed by atoms with Gasteiger partial charge < -0.3 is 10.4 Å². The largest absolute Gasteiger partial charge is 0.508 e. The van der Waals surface area contributed by atoms with Crippen LogP contribution in [0.4, 0.5) is 17.1 Å². The van der Waals surface area contributed by atoms with Crippen molar-refractivity contribution in [2.24, 2.45) is 0 Å². The molecule has 0 aromatic heterocycles. The predicted molar refractivity (Wildman–Crippen MR) is 69.2 cm³/mol. The number of phenolic OH excluding ortho intramolecular Hbond substituents is 1. The predicted octanol–water partition coefficient (Wildman–Crippen LogP) is 3.35. The van der Waals surface area contributed by atoms with Crippen LogP contribution >= 0.6 is 0 Å². The van der Waals surface area contributed by atoms with E-state index in [-0.39, 0.29) is 11.4 Å². The molecule has 2 aromatic rings. The number of aromatic hydroxyl groups is 1. The molecule has 0 aliphatic rings. The van der Waals surface area contributed by atoms with Gasteiger partial charge in [0.15, 0.2) is 0 Å². The van der Waals surface area contributed by atoms with Crippen LogP contribution in [0.25, 0.3) is 0 Å². The number of aryl methyl sites for hydroxylation is 1. The first kappa shape index (κ1) is 11.9. The highest BCUT2D eigenvalue weighted by Crippen LogP contribution is 2.28. The van der Waals surface area contributed by atoms with Gasteiger partial charge in [0.05, 0.1) is 4.92 Å². The molecule has 2 N–H and O–H groups in total. The molecule has 2 aromatic carbocycles. The number of hydrogen-bond donors (Lipinski definition) is 2. The first-order valence-corrected chi connectivity index (χ1v) is 5.37. The molecule has 0 aliphatic heterocycles. The van der Waals surface area contributed by atoms with E-state index < -0.39 is 4.92 Å². The summed E-state index contributed by atoms with van der Waals surface area (Å²) in [6, 6.07) is 11.3. The third-order valence-corrected chi connectivity index (χ3v) is 2.50. The van der Waals surface area contributed by atoms with Crippen molar-refractivity contribution in [1.82, 2.24) is 0 Å². The van der Waals surface area contributed by atoms with E-state index in [0.29, 0.717) is 11.4 Å². The lowest BCUT2D eigenvalue weighted by molar-refractivity contribution is -0.384. The topological polar surface area (TPSA) is 75.4 Å². The molecule has 92 valence electrons. The molecule has 0 heterocycles. The number of nitro groups is 1. The summed E-state index contributed by atoms with van der Waals surface area (Å²) >= 11 is 0. The Labute approximate surface area is 104 Å². The maximum atomic E-state index is 10.9. The van der Waals surface area contributed by atoms with Gasteiger partial charge >= 0.3 is 0 Å². The molecule has 0 unspecified atom stereocenters. The molecular formula is C13H12N2O3. The highest BCUT2D eigenvalue weighted by atomic mass is 16.6. The monoisotopic (exact) mass is 244 g/mol. The molecule has 0 fully saturated rings. The smallest absolute Gasteiger partial charge is 0.292 e. The molecule has 0 atom stereocenters. The van der Waals surface area contributed by atoms with Crippen molar-refractivity contribution in [1.29, 1.82) is 0 Å². The number of nitrogens with one attached hydrogen (secondary N) is 1. The van der Waals surface area contributed by atoms with Crippen LogP contribution in [0.15, 0.2) is 42.5 Å². The summed E-state index contributed by atoms with van der Waals surface area (Å²) in [4.78, 5) is 10.5. The summed E-state index contributed by atoms with van der Waals surface area (Å²) in [5.74, 6) is 0.152. The molecule has 18 heavy (non-hydrogen) atoms. The normalized spacial score (nSPS) is 10.1. The van der Waals surface area contributed by atoms with Gasteiger partial charge in [-0.3, -0.25) is 10.1 Å². The second-order valence-corrected chi connectivity index (χ2v) is 3.95. The first-order valence-electron chi connectivity index (χ1n) is 5.37. The summed E-state index contributed by atoms with van der Waals surface area (Å²) < 4.78 is 0. The Bertz CT molecular complexity index is 579. The molecule has 5 heteroatoms. The summed E-state index contributed by atoms with van der Waals surface area (Å²) in [7, 11) is 0. The van der Waals surface area contributed by atoms with Crippen LogP contribution in [0, 0.1) is 17.0 Å². The fourth-order valence-electron chi connectivity index (χ4n) is 1.60. The standard InChI is InChI=1S/C13H12N2O3/c1-9-2-7-12(13(8-9)15(17)18)14-10-3-5-11(16)6-4-10/h2-8,14,16H,1H3. The quantitative estimate of drug-likeness (QED) is 0.493. The van der Waals surface area contributed by atoms with Crippen LogP contribution in [-0.4, -0.2) is 10.0 Å². The van der Waals surface area contributed by atoms with Crippen molar-refractivity contribution in [3.63, 3.8) is 0 Å². The van der Waals surface area contributed by atoms with Crippen LogP contribution in [0.1, 0.15) is 5.56 Å². The fourth-order valence-corrected chi connectivity index (χ4v) is 1.60. The molecule has 0 saturated carbocycles. The van der Waals surface area contributed by atoms with Crippen molar-refractivity contribution in [2.75, 3.05) is 5.32 Å². The minimum Gasteiger partial charge on any atom is -0.508 e. The number of hydrogen-bond acceptors (Lipinski definition) is 4. The van der Waals surface area contributed by atoms with E-state index >= 15 is 0 Å². The van der Waals surface area contributed by atoms with Crippen LogP contribution in [0.3, 0.4) is 0 Å². The van der Waals surface area contributed by atoms with E-state index in [1.807, 2.05) is 0 Å². The van der Waals surface area contributed by atoms with Crippen LogP contribution in [-0.2, 0) is 0 Å². The van der Waals surface area contributed by atoms with Gasteiger partial charge in [-0.25, -0.2) is 0 Å². The van der Waals surface area contributed by atoms with Crippen molar-refractivity contribution < 1.29 is 10.0 Å². The summed E-state index contributed by atoms with van der Waals surface area (Å²) in [5.41, 5.74) is 1.97. The molecule has 0 radical (unpaired) electrons. The van der Waals surface area contributed by atoms with E-state index in [4.69, 9.17) is 5.11 Å². The second-order valence-electron chi connectivity index (χ2n) is 3.95. The number of nitro benzene ring substituents is 1. The van der Waals surface area contributed by atoms with Gasteiger partial charge in [-0.15, -0.1) is 0 Å². The van der Waals surface area contributed by atoms with E-state index in [1.165, 1.54) is 18.2 Å². The van der Waals surface area contributed by atoms with Crippen LogP contribution in [0.5, 0.6) is 5.75 Å². The van der Waals surface area contributed by atoms with Crippen LogP contribution < -0.4 is 5.32 Å². The average Bonchev–Trinajstić information content (AvgIpc) is 2.34. The summed E-state index contributed by atoms with van der Waals surface area (Å²) in [5, 5.41) is 23.1. The highest BCUT2D eigenvalue weighted by Gasteiger charge is 2.13. The Hall–Kier alpha value is -2.56. The van der Waals surface area contributed by atoms with Gasteiger partial charge in [-0.2, -0.15) is 0 Å². The zero-order valence-corrected chi connectivity index (χ0v) is 9.75. The van der Waals surface area contributed by atoms with Gasteiger partial charge in [-0.1, -0.05) is 6.07 Å². The van der Waals surface area contributed by atoms with Gasteiger partial charge in [0, 0.05) is 11.8 Å². The van der Waals surface area contributed by atoms with Crippen molar-refractivity contribution in [3.8, 4) is 5.75 Å². The molecule has 0 spiro atoms. The zero-order valence-electron chi connectivity index (χ0n) is 9.75. The molecular weight excluding hydrogens is 232 g/mol. The van der Waals surface area contributed by atoms with Crippen molar-refractivity contribution in [3.05, 3.63) is 58.1 Å². The highest BCUT2D eigenvalue weighted by molar-refractivity contribution is 5.70. The third kappa shape index (κ3) is 2.57. The Morgan fingerprint density at radius 1 is 1.17 bits per heavy atom. The van der Waals surface area contributed by atoms with Gasteiger partial charge in [0.25, 0.3) is 5.69 Å². The lowest BCUT2D eigenvalue weighted by Gasteiger charge is -2.07.